The first kappa shape index (κ1) is 14.1. The van der Waals surface area contributed by atoms with Gasteiger partial charge in [-0.15, -0.1) is 11.3 Å². The Balaban J connectivity index is 2.38. The molecular formula is C12H9BrN2O2S2. The molecule has 2 aromatic rings. The lowest BCUT2D eigenvalue weighted by Gasteiger charge is -2.09. The summed E-state index contributed by atoms with van der Waals surface area (Å²) in [7, 11) is -3.61. The predicted octanol–water partition coefficient (Wildman–Crippen LogP) is 3.49. The van der Waals surface area contributed by atoms with Crippen LogP contribution in [0.2, 0.25) is 0 Å². The molecule has 7 heteroatoms. The summed E-state index contributed by atoms with van der Waals surface area (Å²) in [5.41, 5.74) is 1.59. The van der Waals surface area contributed by atoms with Crippen molar-refractivity contribution in [3.05, 3.63) is 45.2 Å². The highest BCUT2D eigenvalue weighted by atomic mass is 79.9. The zero-order valence-corrected chi connectivity index (χ0v) is 13.1. The number of aryl methyl sites for hydroxylation is 1. The Morgan fingerprint density at radius 1 is 1.32 bits per heavy atom. The van der Waals surface area contributed by atoms with Gasteiger partial charge in [0.25, 0.3) is 10.0 Å². The summed E-state index contributed by atoms with van der Waals surface area (Å²) in [6.07, 6.45) is 0. The molecular weight excluding hydrogens is 348 g/mol. The maximum absolute atomic E-state index is 12.2. The number of halogens is 1. The average molecular weight is 357 g/mol. The highest BCUT2D eigenvalue weighted by Gasteiger charge is 2.17. The summed E-state index contributed by atoms with van der Waals surface area (Å²) in [6.45, 7) is 1.78. The van der Waals surface area contributed by atoms with E-state index in [1.165, 1.54) is 12.1 Å². The molecule has 0 aliphatic carbocycles. The molecule has 0 bridgehead atoms. The van der Waals surface area contributed by atoms with Gasteiger partial charge in [0.1, 0.15) is 4.21 Å². The number of nitrogens with zero attached hydrogens (tertiary/aromatic N) is 1. The topological polar surface area (TPSA) is 70.0 Å². The van der Waals surface area contributed by atoms with Crippen molar-refractivity contribution in [2.75, 3.05) is 4.72 Å². The molecule has 0 amide bonds. The molecule has 1 aromatic carbocycles. The molecule has 98 valence electrons. The summed E-state index contributed by atoms with van der Waals surface area (Å²) >= 11 is 4.36. The number of anilines is 1. The van der Waals surface area contributed by atoms with Crippen LogP contribution >= 0.6 is 27.3 Å². The maximum atomic E-state index is 12.2. The van der Waals surface area contributed by atoms with Crippen LogP contribution in [0.1, 0.15) is 11.1 Å². The van der Waals surface area contributed by atoms with Gasteiger partial charge in [-0.1, -0.05) is 6.07 Å². The number of hydrogen-bond donors (Lipinski definition) is 1. The molecule has 0 aliphatic rings. The Labute approximate surface area is 123 Å². The first-order valence-corrected chi connectivity index (χ1v) is 8.30. The van der Waals surface area contributed by atoms with Crippen molar-refractivity contribution in [1.82, 2.24) is 0 Å². The Morgan fingerprint density at radius 2 is 2.05 bits per heavy atom. The fourth-order valence-corrected chi connectivity index (χ4v) is 4.57. The van der Waals surface area contributed by atoms with E-state index in [1.54, 1.807) is 25.1 Å². The van der Waals surface area contributed by atoms with E-state index in [2.05, 4.69) is 20.7 Å². The second kappa shape index (κ2) is 5.33. The summed E-state index contributed by atoms with van der Waals surface area (Å²) in [5.74, 6) is 0. The fourth-order valence-electron chi connectivity index (χ4n) is 1.44. The van der Waals surface area contributed by atoms with Crippen molar-refractivity contribution in [2.24, 2.45) is 0 Å². The molecule has 2 rings (SSSR count). The largest absolute Gasteiger partial charge is 0.279 e. The lowest BCUT2D eigenvalue weighted by molar-refractivity contribution is 0.603. The van der Waals surface area contributed by atoms with Gasteiger partial charge in [0.15, 0.2) is 0 Å². The molecule has 0 radical (unpaired) electrons. The van der Waals surface area contributed by atoms with Crippen LogP contribution in [0.25, 0.3) is 0 Å². The highest BCUT2D eigenvalue weighted by Crippen LogP contribution is 2.28. The third-order valence-corrected chi connectivity index (χ3v) is 5.91. The second-order valence-electron chi connectivity index (χ2n) is 3.81. The van der Waals surface area contributed by atoms with E-state index in [-0.39, 0.29) is 4.21 Å². The minimum absolute atomic E-state index is 0.223. The minimum atomic E-state index is -3.61. The molecule has 0 unspecified atom stereocenters. The van der Waals surface area contributed by atoms with E-state index in [9.17, 15) is 8.42 Å². The Kier molecular flexibility index (Phi) is 3.94. The number of thiophene rings is 1. The van der Waals surface area contributed by atoms with Crippen molar-refractivity contribution in [1.29, 1.82) is 5.26 Å². The van der Waals surface area contributed by atoms with Gasteiger partial charge in [0, 0.05) is 0 Å². The molecule has 0 saturated heterocycles. The van der Waals surface area contributed by atoms with Gasteiger partial charge in [-0.2, -0.15) is 5.26 Å². The van der Waals surface area contributed by atoms with Gasteiger partial charge in [-0.25, -0.2) is 8.42 Å². The van der Waals surface area contributed by atoms with E-state index in [0.29, 0.717) is 11.3 Å². The van der Waals surface area contributed by atoms with Crippen molar-refractivity contribution in [3.63, 3.8) is 0 Å². The Hall–Kier alpha value is -1.36. The van der Waals surface area contributed by atoms with Crippen LogP contribution < -0.4 is 4.72 Å². The minimum Gasteiger partial charge on any atom is -0.279 e. The van der Waals surface area contributed by atoms with Crippen LogP contribution in [0.15, 0.2) is 38.3 Å². The summed E-state index contributed by atoms with van der Waals surface area (Å²) in [6, 6.07) is 10.1. The number of benzene rings is 1. The van der Waals surface area contributed by atoms with Gasteiger partial charge in [-0.05, 0) is 52.7 Å². The van der Waals surface area contributed by atoms with Crippen LogP contribution in [-0.2, 0) is 10.0 Å². The van der Waals surface area contributed by atoms with E-state index in [0.717, 1.165) is 20.7 Å². The molecule has 0 fully saturated rings. The summed E-state index contributed by atoms with van der Waals surface area (Å²) in [4.78, 5) is 0. The van der Waals surface area contributed by atoms with E-state index < -0.39 is 10.0 Å². The first-order chi connectivity index (χ1) is 8.92. The third kappa shape index (κ3) is 3.15. The van der Waals surface area contributed by atoms with Gasteiger partial charge in [-0.3, -0.25) is 4.72 Å². The maximum Gasteiger partial charge on any atom is 0.271 e. The number of rotatable bonds is 3. The number of nitrogens with one attached hydrogen (secondary N) is 1. The number of hydrogen-bond acceptors (Lipinski definition) is 4. The normalized spacial score (nSPS) is 11.0. The van der Waals surface area contributed by atoms with Crippen LogP contribution in [0.5, 0.6) is 0 Å². The summed E-state index contributed by atoms with van der Waals surface area (Å²) in [5, 5.41) is 8.84. The summed E-state index contributed by atoms with van der Waals surface area (Å²) < 4.78 is 27.8. The van der Waals surface area contributed by atoms with Gasteiger partial charge in [0.2, 0.25) is 0 Å². The number of sulfonamides is 1. The first-order valence-electron chi connectivity index (χ1n) is 5.21. The SMILES string of the molecule is Cc1ccc(C#N)cc1NS(=O)(=O)c1ccc(Br)s1. The lowest BCUT2D eigenvalue weighted by Crippen LogP contribution is -2.12. The molecule has 0 spiro atoms. The zero-order chi connectivity index (χ0) is 14.0. The molecule has 19 heavy (non-hydrogen) atoms. The second-order valence-corrected chi connectivity index (χ2v) is 8.18. The van der Waals surface area contributed by atoms with E-state index >= 15 is 0 Å². The van der Waals surface area contributed by atoms with E-state index in [4.69, 9.17) is 5.26 Å². The fraction of sp³-hybridized carbons (Fsp3) is 0.0833. The Bertz CT molecular complexity index is 760. The molecule has 1 N–H and O–H groups in total. The van der Waals surface area contributed by atoms with Crippen LogP contribution in [-0.4, -0.2) is 8.42 Å². The molecule has 4 nitrogen and oxygen atoms in total. The Morgan fingerprint density at radius 3 is 2.63 bits per heavy atom. The van der Waals surface area contributed by atoms with Crippen molar-refractivity contribution >= 4 is 43.0 Å². The zero-order valence-electron chi connectivity index (χ0n) is 9.84. The predicted molar refractivity (Wildman–Crippen MR) is 78.7 cm³/mol. The van der Waals surface area contributed by atoms with Gasteiger partial charge < -0.3 is 0 Å². The quantitative estimate of drug-likeness (QED) is 0.914. The lowest BCUT2D eigenvalue weighted by atomic mass is 10.1. The monoisotopic (exact) mass is 356 g/mol. The number of nitriles is 1. The van der Waals surface area contributed by atoms with E-state index in [1.807, 2.05) is 6.07 Å². The van der Waals surface area contributed by atoms with Crippen molar-refractivity contribution in [2.45, 2.75) is 11.1 Å². The van der Waals surface area contributed by atoms with Crippen LogP contribution in [0, 0.1) is 18.3 Å². The molecule has 1 heterocycles. The van der Waals surface area contributed by atoms with Crippen LogP contribution in [0.4, 0.5) is 5.69 Å². The van der Waals surface area contributed by atoms with Gasteiger partial charge >= 0.3 is 0 Å². The molecule has 1 aromatic heterocycles. The molecule has 0 atom stereocenters. The van der Waals surface area contributed by atoms with Crippen LogP contribution in [0.3, 0.4) is 0 Å². The molecule has 0 aliphatic heterocycles. The smallest absolute Gasteiger partial charge is 0.271 e. The highest BCUT2D eigenvalue weighted by molar-refractivity contribution is 9.11. The van der Waals surface area contributed by atoms with Crippen molar-refractivity contribution in [3.8, 4) is 6.07 Å². The standard InChI is InChI=1S/C12H9BrN2O2S2/c1-8-2-3-9(7-14)6-10(8)15-19(16,17)12-5-4-11(13)18-12/h2-6,15H,1H3. The van der Waals surface area contributed by atoms with Crippen molar-refractivity contribution < 1.29 is 8.42 Å². The third-order valence-electron chi connectivity index (χ3n) is 2.42. The molecule has 0 saturated carbocycles. The average Bonchev–Trinajstić information content (AvgIpc) is 2.79. The van der Waals surface area contributed by atoms with Gasteiger partial charge in [0.05, 0.1) is 21.1 Å².